The van der Waals surface area contributed by atoms with E-state index in [0.29, 0.717) is 6.61 Å². The van der Waals surface area contributed by atoms with Crippen molar-refractivity contribution in [3.8, 4) is 5.88 Å². The van der Waals surface area contributed by atoms with Crippen molar-refractivity contribution in [2.75, 3.05) is 26.2 Å². The first-order valence-electron chi connectivity index (χ1n) is 5.83. The zero-order chi connectivity index (χ0) is 13.5. The Labute approximate surface area is 111 Å². The monoisotopic (exact) mass is 272 g/mol. The Hall–Kier alpha value is -1.33. The molecule has 0 saturated heterocycles. The van der Waals surface area contributed by atoms with E-state index in [2.05, 4.69) is 23.7 Å². The number of carboxylic acid groups (broad SMARTS) is 1. The van der Waals surface area contributed by atoms with Crippen LogP contribution in [0.4, 0.5) is 0 Å². The zero-order valence-corrected chi connectivity index (χ0v) is 11.3. The summed E-state index contributed by atoms with van der Waals surface area (Å²) < 4.78 is 5.41. The lowest BCUT2D eigenvalue weighted by molar-refractivity contribution is 0.0696. The van der Waals surface area contributed by atoms with Crippen LogP contribution in [0.3, 0.4) is 0 Å². The highest BCUT2D eigenvalue weighted by molar-refractivity contribution is 6.34. The Bertz CT molecular complexity index is 408. The number of halogens is 1. The molecule has 0 radical (unpaired) electrons. The van der Waals surface area contributed by atoms with Gasteiger partial charge in [-0.3, -0.25) is 0 Å². The number of aromatic nitrogens is 1. The van der Waals surface area contributed by atoms with Gasteiger partial charge in [-0.15, -0.1) is 0 Å². The minimum atomic E-state index is -1.09. The second kappa shape index (κ2) is 7.18. The summed E-state index contributed by atoms with van der Waals surface area (Å²) in [5.41, 5.74) is 0.00417. The summed E-state index contributed by atoms with van der Waals surface area (Å²) in [6, 6.07) is 1.35. The van der Waals surface area contributed by atoms with Gasteiger partial charge in [-0.2, -0.15) is 0 Å². The first-order valence-corrected chi connectivity index (χ1v) is 6.20. The van der Waals surface area contributed by atoms with Gasteiger partial charge in [-0.05, 0) is 19.2 Å². The standard InChI is InChI=1S/C12H17ClN2O3/c1-3-15(4-2)7-8-18-11-10(13)9(12(16)17)5-6-14-11/h5-6H,3-4,7-8H2,1-2H3,(H,16,17). The third-order valence-corrected chi connectivity index (χ3v) is 2.99. The average Bonchev–Trinajstić information content (AvgIpc) is 2.36. The number of carboxylic acids is 1. The van der Waals surface area contributed by atoms with E-state index in [1.165, 1.54) is 12.3 Å². The Kier molecular flexibility index (Phi) is 5.88. The SMILES string of the molecule is CCN(CC)CCOc1nccc(C(=O)O)c1Cl. The van der Waals surface area contributed by atoms with Gasteiger partial charge in [0.25, 0.3) is 0 Å². The molecule has 0 unspecified atom stereocenters. The topological polar surface area (TPSA) is 62.7 Å². The fourth-order valence-electron chi connectivity index (χ4n) is 1.50. The van der Waals surface area contributed by atoms with E-state index in [-0.39, 0.29) is 16.5 Å². The Balaban J connectivity index is 2.63. The summed E-state index contributed by atoms with van der Waals surface area (Å²) in [4.78, 5) is 17.0. The molecule has 18 heavy (non-hydrogen) atoms. The van der Waals surface area contributed by atoms with Crippen LogP contribution in [0.5, 0.6) is 5.88 Å². The minimum absolute atomic E-state index is 0.00417. The number of pyridine rings is 1. The molecule has 0 fully saturated rings. The first kappa shape index (κ1) is 14.7. The number of hydrogen-bond donors (Lipinski definition) is 1. The molecule has 100 valence electrons. The molecule has 1 heterocycles. The van der Waals surface area contributed by atoms with E-state index in [4.69, 9.17) is 21.4 Å². The molecule has 1 rings (SSSR count). The van der Waals surface area contributed by atoms with Gasteiger partial charge in [0.15, 0.2) is 0 Å². The van der Waals surface area contributed by atoms with Gasteiger partial charge in [0.2, 0.25) is 5.88 Å². The molecule has 5 nitrogen and oxygen atoms in total. The van der Waals surface area contributed by atoms with Gasteiger partial charge in [0, 0.05) is 12.7 Å². The van der Waals surface area contributed by atoms with Gasteiger partial charge in [-0.1, -0.05) is 25.4 Å². The van der Waals surface area contributed by atoms with Crippen molar-refractivity contribution in [3.63, 3.8) is 0 Å². The van der Waals surface area contributed by atoms with Crippen molar-refractivity contribution in [1.29, 1.82) is 0 Å². The van der Waals surface area contributed by atoms with Crippen molar-refractivity contribution < 1.29 is 14.6 Å². The van der Waals surface area contributed by atoms with E-state index in [1.807, 2.05) is 0 Å². The summed E-state index contributed by atoms with van der Waals surface area (Å²) in [6.45, 7) is 7.20. The minimum Gasteiger partial charge on any atom is -0.478 e. The molecule has 1 N–H and O–H groups in total. The summed E-state index contributed by atoms with van der Waals surface area (Å²) in [7, 11) is 0. The maximum atomic E-state index is 10.9. The maximum absolute atomic E-state index is 10.9. The van der Waals surface area contributed by atoms with Crippen molar-refractivity contribution in [3.05, 3.63) is 22.8 Å². The highest BCUT2D eigenvalue weighted by Crippen LogP contribution is 2.25. The Morgan fingerprint density at radius 2 is 2.17 bits per heavy atom. The molecule has 0 aliphatic carbocycles. The van der Waals surface area contributed by atoms with Crippen molar-refractivity contribution in [2.45, 2.75) is 13.8 Å². The van der Waals surface area contributed by atoms with Crippen LogP contribution in [0.25, 0.3) is 0 Å². The van der Waals surface area contributed by atoms with Gasteiger partial charge >= 0.3 is 5.97 Å². The van der Waals surface area contributed by atoms with E-state index in [0.717, 1.165) is 19.6 Å². The predicted octanol–water partition coefficient (Wildman–Crippen LogP) is 2.15. The molecule has 0 spiro atoms. The molecule has 1 aromatic rings. The van der Waals surface area contributed by atoms with Crippen LogP contribution in [0.15, 0.2) is 12.3 Å². The summed E-state index contributed by atoms with van der Waals surface area (Å²) >= 11 is 5.90. The van der Waals surface area contributed by atoms with Gasteiger partial charge in [0.05, 0.1) is 5.56 Å². The fraction of sp³-hybridized carbons (Fsp3) is 0.500. The summed E-state index contributed by atoms with van der Waals surface area (Å²) in [5, 5.41) is 8.95. The van der Waals surface area contributed by atoms with Crippen LogP contribution in [0, 0.1) is 0 Å². The number of hydrogen-bond acceptors (Lipinski definition) is 4. The van der Waals surface area contributed by atoms with E-state index in [1.54, 1.807) is 0 Å². The van der Waals surface area contributed by atoms with E-state index >= 15 is 0 Å². The average molecular weight is 273 g/mol. The largest absolute Gasteiger partial charge is 0.478 e. The number of rotatable bonds is 7. The molecule has 0 aliphatic heterocycles. The number of ether oxygens (including phenoxy) is 1. The molecule has 0 saturated carbocycles. The normalized spacial score (nSPS) is 10.7. The van der Waals surface area contributed by atoms with Gasteiger partial charge in [0.1, 0.15) is 11.6 Å². The molecule has 0 atom stereocenters. The van der Waals surface area contributed by atoms with Crippen LogP contribution in [-0.2, 0) is 0 Å². The molecule has 1 aromatic heterocycles. The maximum Gasteiger partial charge on any atom is 0.337 e. The number of carbonyl (C=O) groups is 1. The molecular weight excluding hydrogens is 256 g/mol. The molecule has 6 heteroatoms. The molecule has 0 bridgehead atoms. The second-order valence-electron chi connectivity index (χ2n) is 3.66. The lowest BCUT2D eigenvalue weighted by Gasteiger charge is -2.18. The lowest BCUT2D eigenvalue weighted by Crippen LogP contribution is -2.28. The third kappa shape index (κ3) is 3.85. The first-order chi connectivity index (χ1) is 8.60. The Morgan fingerprint density at radius 3 is 2.72 bits per heavy atom. The fourth-order valence-corrected chi connectivity index (χ4v) is 1.75. The molecule has 0 aromatic carbocycles. The second-order valence-corrected chi connectivity index (χ2v) is 4.04. The van der Waals surface area contributed by atoms with E-state index in [9.17, 15) is 4.79 Å². The van der Waals surface area contributed by atoms with Crippen LogP contribution >= 0.6 is 11.6 Å². The predicted molar refractivity (Wildman–Crippen MR) is 69.5 cm³/mol. The smallest absolute Gasteiger partial charge is 0.337 e. The number of aromatic carboxylic acids is 1. The third-order valence-electron chi connectivity index (χ3n) is 2.63. The highest BCUT2D eigenvalue weighted by Gasteiger charge is 2.14. The van der Waals surface area contributed by atoms with Crippen LogP contribution in [-0.4, -0.2) is 47.2 Å². The van der Waals surface area contributed by atoms with Gasteiger partial charge in [-0.25, -0.2) is 9.78 Å². The van der Waals surface area contributed by atoms with E-state index < -0.39 is 5.97 Å². The van der Waals surface area contributed by atoms with Gasteiger partial charge < -0.3 is 14.7 Å². The van der Waals surface area contributed by atoms with Crippen molar-refractivity contribution in [2.24, 2.45) is 0 Å². The quantitative estimate of drug-likeness (QED) is 0.824. The summed E-state index contributed by atoms with van der Waals surface area (Å²) in [5.74, 6) is -0.917. The molecule has 0 amide bonds. The lowest BCUT2D eigenvalue weighted by atomic mass is 10.3. The van der Waals surface area contributed by atoms with Crippen molar-refractivity contribution in [1.82, 2.24) is 9.88 Å². The molecule has 0 aliphatic rings. The van der Waals surface area contributed by atoms with Crippen LogP contribution < -0.4 is 4.74 Å². The number of nitrogens with zero attached hydrogens (tertiary/aromatic N) is 2. The molecular formula is C12H17ClN2O3. The Morgan fingerprint density at radius 1 is 1.50 bits per heavy atom. The number of likely N-dealkylation sites (N-methyl/N-ethyl adjacent to an activating group) is 1. The van der Waals surface area contributed by atoms with Crippen LogP contribution in [0.1, 0.15) is 24.2 Å². The van der Waals surface area contributed by atoms with Crippen molar-refractivity contribution >= 4 is 17.6 Å². The summed E-state index contributed by atoms with van der Waals surface area (Å²) in [6.07, 6.45) is 1.38. The highest BCUT2D eigenvalue weighted by atomic mass is 35.5. The van der Waals surface area contributed by atoms with Crippen LogP contribution in [0.2, 0.25) is 5.02 Å². The zero-order valence-electron chi connectivity index (χ0n) is 10.5.